The molecule has 0 N–H and O–H groups in total. The van der Waals surface area contributed by atoms with Crippen LogP contribution in [0.1, 0.15) is 112 Å². The third-order valence-corrected chi connectivity index (χ3v) is 12.6. The maximum absolute atomic E-state index is 10.2. The normalized spacial score (nSPS) is 18.1. The first-order valence-electron chi connectivity index (χ1n) is 25.3. The summed E-state index contributed by atoms with van der Waals surface area (Å²) in [7, 11) is 0. The van der Waals surface area contributed by atoms with Crippen LogP contribution in [0.25, 0.3) is 72.7 Å². The number of aromatic nitrogens is 3. The second kappa shape index (κ2) is 12.6. The van der Waals surface area contributed by atoms with Crippen LogP contribution >= 0.6 is 0 Å². The van der Waals surface area contributed by atoms with Crippen molar-refractivity contribution in [1.82, 2.24) is 4.57 Å². The Balaban J connectivity index is 1.29. The zero-order valence-electron chi connectivity index (χ0n) is 44.8. The molecular formula is C56H53N3O+2. The number of para-hydroxylation sites is 1. The molecular weight excluding hydrogens is 731 g/mol. The highest BCUT2D eigenvalue weighted by Crippen LogP contribution is 2.55. The number of nitrogens with zero attached hydrogens (tertiary/aromatic N) is 3. The van der Waals surface area contributed by atoms with Crippen molar-refractivity contribution in [3.63, 3.8) is 0 Å². The van der Waals surface area contributed by atoms with E-state index >= 15 is 0 Å². The van der Waals surface area contributed by atoms with Crippen molar-refractivity contribution in [2.24, 2.45) is 0 Å². The van der Waals surface area contributed by atoms with Gasteiger partial charge in [-0.15, -0.1) is 9.13 Å². The van der Waals surface area contributed by atoms with Crippen LogP contribution in [0.2, 0.25) is 0 Å². The molecule has 0 fully saturated rings. The van der Waals surface area contributed by atoms with Gasteiger partial charge >= 0.3 is 11.7 Å². The van der Waals surface area contributed by atoms with Crippen molar-refractivity contribution in [3.8, 4) is 67.5 Å². The van der Waals surface area contributed by atoms with E-state index in [9.17, 15) is 4.11 Å². The van der Waals surface area contributed by atoms with Gasteiger partial charge in [0.15, 0.2) is 23.0 Å². The minimum atomic E-state index is -1.69. The summed E-state index contributed by atoms with van der Waals surface area (Å²) in [5, 5.41) is 0. The van der Waals surface area contributed by atoms with E-state index in [1.807, 2.05) is 52.8 Å². The molecule has 4 nitrogen and oxygen atoms in total. The van der Waals surface area contributed by atoms with Gasteiger partial charge in [0.1, 0.15) is 18.2 Å². The first-order valence-corrected chi connectivity index (χ1v) is 20.8. The van der Waals surface area contributed by atoms with Crippen molar-refractivity contribution in [3.05, 3.63) is 166 Å². The number of fused-ring (bicyclic) bond motifs is 5. The third kappa shape index (κ3) is 4.97. The Bertz CT molecular complexity index is 3590. The molecule has 0 aliphatic carbocycles. The van der Waals surface area contributed by atoms with Crippen LogP contribution in [0.4, 0.5) is 0 Å². The highest BCUT2D eigenvalue weighted by Gasteiger charge is 2.68. The molecule has 0 bridgehead atoms. The van der Waals surface area contributed by atoms with Crippen LogP contribution in [0, 0.1) is 20.8 Å². The van der Waals surface area contributed by atoms with Gasteiger partial charge in [-0.25, -0.2) is 0 Å². The molecule has 8 aromatic rings. The fraction of sp³-hybridized carbons (Fsp3) is 0.250. The number of hydrogen-bond donors (Lipinski definition) is 0. The average Bonchev–Trinajstić information content (AvgIpc) is 3.79. The highest BCUT2D eigenvalue weighted by atomic mass is 16.5. The maximum atomic E-state index is 10.2. The summed E-state index contributed by atoms with van der Waals surface area (Å²) in [6, 6.07) is 27.0. The molecule has 1 unspecified atom stereocenters. The predicted octanol–water partition coefficient (Wildman–Crippen LogP) is 13.2. The van der Waals surface area contributed by atoms with Gasteiger partial charge in [0.05, 0.1) is 13.8 Å². The Morgan fingerprint density at radius 2 is 1.38 bits per heavy atom. The molecule has 6 aromatic carbocycles. The minimum Gasteiger partial charge on any atom is -0.392 e. The Morgan fingerprint density at radius 1 is 0.700 bits per heavy atom. The Hall–Kier alpha value is -6.26. The van der Waals surface area contributed by atoms with E-state index < -0.39 is 23.7 Å². The standard InChI is InChI=1S/C56H53N3O/c1-32(2)42-13-11-14-43(33(3)4)50(42)38-21-23-41(24-22-38)58-48-16-12-15-44-45-30-40(55(8,9)10)31-46-49-29-39(37-19-17-34(5)18-20-37)25-26-57(49)56(51(45)46)59(52(44)48)54(58)47-28-35(6)27-36(7)53(47)60-56/h11-33H,1-10H3/q+2/i17D,18D,19D,20D,25D,26D,29D,32D,33D. The zero-order valence-corrected chi connectivity index (χ0v) is 35.8. The van der Waals surface area contributed by atoms with Crippen LogP contribution in [0.5, 0.6) is 5.75 Å². The van der Waals surface area contributed by atoms with Gasteiger partial charge in [-0.3, -0.25) is 0 Å². The summed E-state index contributed by atoms with van der Waals surface area (Å²) in [6.07, 6.45) is -0.312. The Kier molecular flexibility index (Phi) is 5.95. The number of ether oxygens (including phenoxy) is 1. The molecule has 11 rings (SSSR count). The number of hydrogen-bond acceptors (Lipinski definition) is 1. The van der Waals surface area contributed by atoms with Gasteiger partial charge < -0.3 is 4.74 Å². The Labute approximate surface area is 367 Å². The van der Waals surface area contributed by atoms with E-state index in [1.165, 1.54) is 6.92 Å². The van der Waals surface area contributed by atoms with Crippen LogP contribution < -0.4 is 13.9 Å². The maximum Gasteiger partial charge on any atom is 0.499 e. The smallest absolute Gasteiger partial charge is 0.392 e. The van der Waals surface area contributed by atoms with E-state index in [1.54, 1.807) is 4.57 Å². The second-order valence-corrected chi connectivity index (χ2v) is 18.2. The molecule has 3 aliphatic heterocycles. The summed E-state index contributed by atoms with van der Waals surface area (Å²) in [5.41, 5.74) is 12.4. The van der Waals surface area contributed by atoms with Gasteiger partial charge in [0, 0.05) is 26.0 Å². The number of imidazole rings is 1. The molecule has 0 saturated carbocycles. The Morgan fingerprint density at radius 3 is 2.07 bits per heavy atom. The fourth-order valence-corrected chi connectivity index (χ4v) is 9.86. The van der Waals surface area contributed by atoms with E-state index in [2.05, 4.69) is 104 Å². The van der Waals surface area contributed by atoms with Crippen molar-refractivity contribution in [2.75, 3.05) is 0 Å². The van der Waals surface area contributed by atoms with Crippen LogP contribution in [-0.2, 0) is 11.3 Å². The molecule has 1 atom stereocenters. The van der Waals surface area contributed by atoms with Crippen molar-refractivity contribution >= 4 is 11.0 Å². The molecule has 0 radical (unpaired) electrons. The highest BCUT2D eigenvalue weighted by molar-refractivity contribution is 5.98. The molecule has 0 amide bonds. The average molecular weight is 793 g/mol. The first kappa shape index (κ1) is 28.3. The van der Waals surface area contributed by atoms with E-state index in [-0.39, 0.29) is 64.2 Å². The number of rotatable bonds is 5. The quantitative estimate of drug-likeness (QED) is 0.159. The van der Waals surface area contributed by atoms with Crippen molar-refractivity contribution < 1.29 is 26.2 Å². The molecule has 1 spiro atoms. The lowest BCUT2D eigenvalue weighted by molar-refractivity contribution is -0.997. The molecule has 5 heterocycles. The third-order valence-electron chi connectivity index (χ3n) is 12.6. The largest absolute Gasteiger partial charge is 0.499 e. The zero-order chi connectivity index (χ0) is 49.5. The number of benzene rings is 6. The monoisotopic (exact) mass is 792 g/mol. The molecule has 296 valence electrons. The SMILES string of the molecule is [2H]c1c([2H])c(-c2c([2H])c([2H])[n+]3c(c2[2H])-c2cc(C(C)(C)C)cc4c2C32Oc3c(C)cc(C)cc3-c3n(-c5ccc(-c6c(C([2H])(C)C)cccc6C([2H])(C)C)cc5)c5cccc-4c5[n+]32)c([2H])c([2H])c1C. The topological polar surface area (TPSA) is 21.9 Å². The van der Waals surface area contributed by atoms with Gasteiger partial charge in [0.25, 0.3) is 0 Å². The molecule has 3 aliphatic rings. The lowest BCUT2D eigenvalue weighted by atomic mass is 9.80. The minimum absolute atomic E-state index is 0.144. The summed E-state index contributed by atoms with van der Waals surface area (Å²) in [6.45, 7) is 19.5. The predicted molar refractivity (Wildman–Crippen MR) is 245 cm³/mol. The lowest BCUT2D eigenvalue weighted by Crippen LogP contribution is -2.78. The molecule has 60 heavy (non-hydrogen) atoms. The van der Waals surface area contributed by atoms with Gasteiger partial charge in [-0.05, 0) is 131 Å². The summed E-state index contributed by atoms with van der Waals surface area (Å²) >= 11 is 0. The summed E-state index contributed by atoms with van der Waals surface area (Å²) in [5.74, 6) is -2.22. The second-order valence-electron chi connectivity index (χ2n) is 18.2. The molecule has 2 aromatic heterocycles. The van der Waals surface area contributed by atoms with E-state index in [0.29, 0.717) is 16.9 Å². The molecule has 0 saturated heterocycles. The van der Waals surface area contributed by atoms with Gasteiger partial charge in [-0.2, -0.15) is 4.57 Å². The van der Waals surface area contributed by atoms with Crippen LogP contribution in [0.15, 0.2) is 127 Å². The summed E-state index contributed by atoms with van der Waals surface area (Å²) in [4.78, 5) is 0. The number of pyridine rings is 1. The van der Waals surface area contributed by atoms with Gasteiger partial charge in [-0.1, -0.05) is 121 Å². The summed E-state index contributed by atoms with van der Waals surface area (Å²) < 4.78 is 97.8. The number of aryl methyl sites for hydroxylation is 2. The first-order chi connectivity index (χ1) is 32.3. The van der Waals surface area contributed by atoms with Crippen molar-refractivity contribution in [2.45, 2.75) is 92.3 Å². The van der Waals surface area contributed by atoms with E-state index in [4.69, 9.17) is 13.0 Å². The fourth-order valence-electron chi connectivity index (χ4n) is 9.86. The lowest BCUT2D eigenvalue weighted by Gasteiger charge is -2.33. The van der Waals surface area contributed by atoms with Crippen LogP contribution in [0.3, 0.4) is 0 Å². The van der Waals surface area contributed by atoms with Crippen molar-refractivity contribution in [1.29, 1.82) is 0 Å². The van der Waals surface area contributed by atoms with Gasteiger partial charge in [0.2, 0.25) is 5.69 Å². The van der Waals surface area contributed by atoms with E-state index in [0.717, 1.165) is 78.2 Å². The molecule has 4 heteroatoms. The van der Waals surface area contributed by atoms with Crippen LogP contribution in [-0.4, -0.2) is 4.57 Å².